The minimum Gasteiger partial charge on any atom is -0.362 e. The standard InChI is InChI=1S/C23H23Cl4FN4O2/c1-22(2,3)13-9-11-14(12-10-13)29-18(17(24)23(25,26)27)30-19-20(33)31(4)21(34)32(19)16-8-6-5-7-15(16)28/h5-12,17-18,29H,1-4H3. The third kappa shape index (κ3) is 5.60. The summed E-state index contributed by atoms with van der Waals surface area (Å²) in [6.45, 7) is 6.25. The Hall–Kier alpha value is -2.06. The van der Waals surface area contributed by atoms with Gasteiger partial charge in [-0.25, -0.2) is 19.1 Å². The monoisotopic (exact) mass is 546 g/mol. The SMILES string of the molecule is CN1C(=O)C(=NC(Nc2ccc(C(C)(C)C)cc2)C(Cl)C(Cl)(Cl)Cl)N(c2ccccc2F)C1=O. The number of anilines is 2. The molecule has 0 aromatic heterocycles. The van der Waals surface area contributed by atoms with Crippen LogP contribution in [0.1, 0.15) is 26.3 Å². The van der Waals surface area contributed by atoms with E-state index in [1.807, 2.05) is 12.1 Å². The van der Waals surface area contributed by atoms with Crippen molar-refractivity contribution in [2.75, 3.05) is 17.3 Å². The lowest BCUT2D eigenvalue weighted by Crippen LogP contribution is -2.41. The van der Waals surface area contributed by atoms with E-state index in [0.29, 0.717) is 5.69 Å². The van der Waals surface area contributed by atoms with E-state index in [1.165, 1.54) is 31.3 Å². The van der Waals surface area contributed by atoms with E-state index in [2.05, 4.69) is 31.1 Å². The lowest BCUT2D eigenvalue weighted by molar-refractivity contribution is -0.119. The van der Waals surface area contributed by atoms with Crippen LogP contribution in [0, 0.1) is 5.82 Å². The first-order valence-corrected chi connectivity index (χ1v) is 11.8. The van der Waals surface area contributed by atoms with Crippen molar-refractivity contribution in [3.8, 4) is 0 Å². The number of rotatable bonds is 5. The first-order chi connectivity index (χ1) is 15.7. The molecule has 0 aliphatic carbocycles. The topological polar surface area (TPSA) is 65.0 Å². The minimum absolute atomic E-state index is 0.0633. The van der Waals surface area contributed by atoms with Gasteiger partial charge in [0, 0.05) is 12.7 Å². The number of alkyl halides is 4. The summed E-state index contributed by atoms with van der Waals surface area (Å²) in [7, 11) is 1.27. The normalized spacial score (nSPS) is 18.0. The maximum atomic E-state index is 14.5. The van der Waals surface area contributed by atoms with E-state index in [1.54, 1.807) is 12.1 Å². The molecule has 1 heterocycles. The van der Waals surface area contributed by atoms with Crippen LogP contribution in [0.4, 0.5) is 20.6 Å². The Morgan fingerprint density at radius 2 is 1.59 bits per heavy atom. The smallest absolute Gasteiger partial charge is 0.337 e. The van der Waals surface area contributed by atoms with Crippen LogP contribution in [0.3, 0.4) is 0 Å². The van der Waals surface area contributed by atoms with Crippen LogP contribution in [-0.4, -0.2) is 45.1 Å². The second-order valence-corrected chi connectivity index (χ2v) is 11.6. The van der Waals surface area contributed by atoms with Gasteiger partial charge in [-0.15, -0.1) is 11.6 Å². The number of amidine groups is 1. The second kappa shape index (κ2) is 9.90. The van der Waals surface area contributed by atoms with E-state index in [4.69, 9.17) is 46.4 Å². The van der Waals surface area contributed by atoms with Gasteiger partial charge in [-0.2, -0.15) is 0 Å². The number of halogens is 5. The molecule has 34 heavy (non-hydrogen) atoms. The molecule has 1 aliphatic heterocycles. The molecule has 1 aliphatic rings. The van der Waals surface area contributed by atoms with Crippen molar-refractivity contribution in [3.63, 3.8) is 0 Å². The third-order valence-electron chi connectivity index (χ3n) is 5.20. The zero-order valence-electron chi connectivity index (χ0n) is 18.8. The third-order valence-corrected chi connectivity index (χ3v) is 6.80. The molecule has 1 N–H and O–H groups in total. The maximum Gasteiger partial charge on any atom is 0.337 e. The number of aliphatic imine (C=N–C) groups is 1. The van der Waals surface area contributed by atoms with E-state index in [0.717, 1.165) is 15.4 Å². The number of urea groups is 1. The zero-order chi connectivity index (χ0) is 25.4. The Morgan fingerprint density at radius 3 is 2.12 bits per heavy atom. The highest BCUT2D eigenvalue weighted by Crippen LogP contribution is 2.37. The van der Waals surface area contributed by atoms with Crippen LogP contribution in [0.15, 0.2) is 53.5 Å². The van der Waals surface area contributed by atoms with Crippen LogP contribution in [0.2, 0.25) is 0 Å². The second-order valence-electron chi connectivity index (χ2n) is 8.75. The molecule has 0 spiro atoms. The molecule has 1 fully saturated rings. The highest BCUT2D eigenvalue weighted by Gasteiger charge is 2.45. The molecule has 3 rings (SSSR count). The number of likely N-dealkylation sites (N-methyl/N-ethyl adjacent to an activating group) is 1. The van der Waals surface area contributed by atoms with Crippen LogP contribution in [-0.2, 0) is 10.2 Å². The molecule has 2 aromatic carbocycles. The van der Waals surface area contributed by atoms with Gasteiger partial charge in [0.15, 0.2) is 0 Å². The van der Waals surface area contributed by atoms with Crippen molar-refractivity contribution in [1.29, 1.82) is 0 Å². The van der Waals surface area contributed by atoms with Crippen molar-refractivity contribution in [2.24, 2.45) is 4.99 Å². The Morgan fingerprint density at radius 1 is 1.00 bits per heavy atom. The van der Waals surface area contributed by atoms with Crippen LogP contribution in [0.5, 0.6) is 0 Å². The number of hydrogen-bond donors (Lipinski definition) is 1. The predicted octanol–water partition coefficient (Wildman–Crippen LogP) is 6.34. The summed E-state index contributed by atoms with van der Waals surface area (Å²) in [6, 6.07) is 12.2. The van der Waals surface area contributed by atoms with Gasteiger partial charge in [0.2, 0.25) is 9.63 Å². The molecule has 2 aromatic rings. The number of benzene rings is 2. The van der Waals surface area contributed by atoms with E-state index in [-0.39, 0.29) is 16.9 Å². The largest absolute Gasteiger partial charge is 0.362 e. The summed E-state index contributed by atoms with van der Waals surface area (Å²) < 4.78 is 12.5. The number of amides is 3. The number of para-hydroxylation sites is 1. The van der Waals surface area contributed by atoms with Crippen LogP contribution in [0.25, 0.3) is 0 Å². The number of imide groups is 1. The van der Waals surface area contributed by atoms with Gasteiger partial charge in [-0.3, -0.25) is 9.69 Å². The Labute approximate surface area is 217 Å². The minimum atomic E-state index is -1.98. The average Bonchev–Trinajstić information content (AvgIpc) is 2.96. The van der Waals surface area contributed by atoms with Crippen molar-refractivity contribution in [3.05, 3.63) is 59.9 Å². The lowest BCUT2D eigenvalue weighted by Gasteiger charge is -2.27. The Kier molecular flexibility index (Phi) is 7.73. The molecule has 11 heteroatoms. The lowest BCUT2D eigenvalue weighted by atomic mass is 9.87. The molecule has 0 saturated carbocycles. The van der Waals surface area contributed by atoms with Gasteiger partial charge < -0.3 is 5.32 Å². The fourth-order valence-corrected chi connectivity index (χ4v) is 3.73. The maximum absolute atomic E-state index is 14.5. The summed E-state index contributed by atoms with van der Waals surface area (Å²) in [5, 5.41) is 1.79. The fraction of sp³-hybridized carbons (Fsp3) is 0.348. The first-order valence-electron chi connectivity index (χ1n) is 10.2. The predicted molar refractivity (Wildman–Crippen MR) is 137 cm³/mol. The number of carbonyl (C=O) groups is 2. The van der Waals surface area contributed by atoms with E-state index >= 15 is 0 Å². The summed E-state index contributed by atoms with van der Waals surface area (Å²) in [4.78, 5) is 31.7. The molecule has 182 valence electrons. The molecule has 1 saturated heterocycles. The van der Waals surface area contributed by atoms with Crippen LogP contribution >= 0.6 is 46.4 Å². The van der Waals surface area contributed by atoms with Crippen molar-refractivity contribution < 1.29 is 14.0 Å². The van der Waals surface area contributed by atoms with Gasteiger partial charge in [-0.05, 0) is 35.2 Å². The van der Waals surface area contributed by atoms with E-state index in [9.17, 15) is 14.0 Å². The molecule has 2 unspecified atom stereocenters. The molecule has 0 bridgehead atoms. The zero-order valence-corrected chi connectivity index (χ0v) is 21.8. The van der Waals surface area contributed by atoms with Gasteiger partial charge in [0.25, 0.3) is 5.91 Å². The Bertz CT molecular complexity index is 1110. The number of nitrogens with one attached hydrogen (secondary N) is 1. The van der Waals surface area contributed by atoms with E-state index < -0.39 is 33.1 Å². The molecule has 2 atom stereocenters. The Balaban J connectivity index is 2.06. The van der Waals surface area contributed by atoms with Crippen molar-refractivity contribution >= 4 is 75.6 Å². The molecular formula is C23H23Cl4FN4O2. The molecule has 3 amide bonds. The van der Waals surface area contributed by atoms with Crippen LogP contribution < -0.4 is 10.2 Å². The molecule has 6 nitrogen and oxygen atoms in total. The number of nitrogens with zero attached hydrogens (tertiary/aromatic N) is 3. The van der Waals surface area contributed by atoms with Gasteiger partial charge in [-0.1, -0.05) is 79.8 Å². The number of hydrogen-bond acceptors (Lipinski definition) is 4. The quantitative estimate of drug-likeness (QED) is 0.351. The molecule has 0 radical (unpaired) electrons. The molecular weight excluding hydrogens is 525 g/mol. The summed E-state index contributed by atoms with van der Waals surface area (Å²) in [6.07, 6.45) is -1.16. The average molecular weight is 548 g/mol. The highest BCUT2D eigenvalue weighted by atomic mass is 35.6. The fourth-order valence-electron chi connectivity index (χ4n) is 3.26. The number of carbonyl (C=O) groups excluding carboxylic acids is 2. The van der Waals surface area contributed by atoms with Crippen molar-refractivity contribution in [1.82, 2.24) is 4.90 Å². The van der Waals surface area contributed by atoms with Gasteiger partial charge in [0.1, 0.15) is 17.4 Å². The van der Waals surface area contributed by atoms with Gasteiger partial charge in [0.05, 0.1) is 5.69 Å². The van der Waals surface area contributed by atoms with Crippen molar-refractivity contribution in [2.45, 2.75) is 41.5 Å². The summed E-state index contributed by atoms with van der Waals surface area (Å²) >= 11 is 24.6. The summed E-state index contributed by atoms with van der Waals surface area (Å²) in [5.41, 5.74) is 1.47. The highest BCUT2D eigenvalue weighted by molar-refractivity contribution is 6.70. The summed E-state index contributed by atoms with van der Waals surface area (Å²) in [5.74, 6) is -1.82. The first kappa shape index (κ1) is 26.5. The van der Waals surface area contributed by atoms with Gasteiger partial charge >= 0.3 is 6.03 Å².